The van der Waals surface area contributed by atoms with Gasteiger partial charge in [-0.2, -0.15) is 5.26 Å². The zero-order valence-corrected chi connectivity index (χ0v) is 16.2. The van der Waals surface area contributed by atoms with Gasteiger partial charge in [0.15, 0.2) is 0 Å². The number of pyridine rings is 1. The molecule has 6 nitrogen and oxygen atoms in total. The highest BCUT2D eigenvalue weighted by molar-refractivity contribution is 6.30. The molecule has 0 saturated carbocycles. The normalized spacial score (nSPS) is 21.7. The van der Waals surface area contributed by atoms with Crippen LogP contribution in [0.15, 0.2) is 42.5 Å². The van der Waals surface area contributed by atoms with Crippen LogP contribution in [0.4, 0.5) is 5.82 Å². The minimum Gasteiger partial charge on any atom is -0.379 e. The van der Waals surface area contributed by atoms with Crippen LogP contribution in [0.5, 0.6) is 0 Å². The molecule has 28 heavy (non-hydrogen) atoms. The summed E-state index contributed by atoms with van der Waals surface area (Å²) in [6.07, 6.45) is 0.350. The minimum absolute atomic E-state index is 0.0418. The van der Waals surface area contributed by atoms with Crippen LogP contribution in [0.2, 0.25) is 5.02 Å². The monoisotopic (exact) mass is 396 g/mol. The van der Waals surface area contributed by atoms with Gasteiger partial charge in [0.05, 0.1) is 25.7 Å². The van der Waals surface area contributed by atoms with Crippen molar-refractivity contribution >= 4 is 23.3 Å². The average Bonchev–Trinajstić information content (AvgIpc) is 3.01. The molecule has 0 radical (unpaired) electrons. The maximum Gasteiger partial charge on any atom is 0.227 e. The van der Waals surface area contributed by atoms with E-state index < -0.39 is 0 Å². The molecule has 2 aliphatic heterocycles. The van der Waals surface area contributed by atoms with Crippen molar-refractivity contribution < 1.29 is 9.53 Å². The van der Waals surface area contributed by atoms with E-state index in [0.29, 0.717) is 43.4 Å². The topological polar surface area (TPSA) is 69.5 Å². The van der Waals surface area contributed by atoms with Crippen LogP contribution in [0.3, 0.4) is 0 Å². The second-order valence-corrected chi connectivity index (χ2v) is 7.74. The lowest BCUT2D eigenvalue weighted by Crippen LogP contribution is -2.47. The highest BCUT2D eigenvalue weighted by atomic mass is 35.5. The Morgan fingerprint density at radius 3 is 2.79 bits per heavy atom. The summed E-state index contributed by atoms with van der Waals surface area (Å²) in [6.45, 7) is 3.20. The summed E-state index contributed by atoms with van der Waals surface area (Å²) in [5.74, 6) is 1.08. The smallest absolute Gasteiger partial charge is 0.227 e. The molecule has 1 amide bonds. The van der Waals surface area contributed by atoms with E-state index in [2.05, 4.69) is 16.0 Å². The van der Waals surface area contributed by atoms with Crippen molar-refractivity contribution in [3.05, 3.63) is 58.7 Å². The van der Waals surface area contributed by atoms with E-state index in [-0.39, 0.29) is 17.9 Å². The van der Waals surface area contributed by atoms with Gasteiger partial charge in [0.25, 0.3) is 0 Å². The SMILES string of the molecule is N#Cc1cccc(N2C[C@@H]3COC[C@H](C2)N(C(=O)Cc2ccc(Cl)cc2)C3)n1. The molecule has 0 aliphatic carbocycles. The lowest BCUT2D eigenvalue weighted by Gasteiger charge is -2.32. The Hall–Kier alpha value is -2.62. The molecule has 2 fully saturated rings. The van der Waals surface area contributed by atoms with Crippen LogP contribution < -0.4 is 4.90 Å². The van der Waals surface area contributed by atoms with Gasteiger partial charge in [-0.3, -0.25) is 4.79 Å². The number of fused-ring (bicyclic) bond motifs is 3. The number of hydrogen-bond donors (Lipinski definition) is 0. The van der Waals surface area contributed by atoms with Gasteiger partial charge in [-0.1, -0.05) is 29.8 Å². The van der Waals surface area contributed by atoms with E-state index in [0.717, 1.165) is 17.9 Å². The molecule has 0 N–H and O–H groups in total. The minimum atomic E-state index is -0.0418. The van der Waals surface area contributed by atoms with Crippen molar-refractivity contribution in [2.45, 2.75) is 12.5 Å². The van der Waals surface area contributed by atoms with Crippen molar-refractivity contribution in [1.82, 2.24) is 9.88 Å². The van der Waals surface area contributed by atoms with Crippen molar-refractivity contribution in [2.75, 3.05) is 37.7 Å². The second-order valence-electron chi connectivity index (χ2n) is 7.30. The van der Waals surface area contributed by atoms with Crippen LogP contribution in [0.1, 0.15) is 11.3 Å². The number of nitriles is 1. The van der Waals surface area contributed by atoms with E-state index in [4.69, 9.17) is 21.6 Å². The summed E-state index contributed by atoms with van der Waals surface area (Å²) >= 11 is 5.94. The third kappa shape index (κ3) is 4.11. The number of amides is 1. The summed E-state index contributed by atoms with van der Waals surface area (Å²) in [7, 11) is 0. The number of rotatable bonds is 3. The molecule has 0 unspecified atom stereocenters. The number of hydrogen-bond acceptors (Lipinski definition) is 5. The molecule has 2 atom stereocenters. The molecule has 4 rings (SSSR count). The molecule has 1 aromatic carbocycles. The molecule has 2 aromatic rings. The molecule has 3 heterocycles. The standard InChI is InChI=1S/C21H21ClN4O2/c22-17-6-4-15(5-7-17)8-21(27)26-11-16-10-25(12-19(26)14-28-13-16)20-3-1-2-18(9-23)24-20/h1-7,16,19H,8,10-14H2/t16-,19-/m0/s1. The van der Waals surface area contributed by atoms with Gasteiger partial charge in [-0.05, 0) is 29.8 Å². The van der Waals surface area contributed by atoms with E-state index >= 15 is 0 Å². The summed E-state index contributed by atoms with van der Waals surface area (Å²) in [5.41, 5.74) is 1.35. The van der Waals surface area contributed by atoms with Crippen molar-refractivity contribution in [3.63, 3.8) is 0 Å². The molecule has 1 aromatic heterocycles. The highest BCUT2D eigenvalue weighted by Crippen LogP contribution is 2.24. The highest BCUT2D eigenvalue weighted by Gasteiger charge is 2.36. The number of ether oxygens (including phenoxy) is 1. The number of carbonyl (C=O) groups excluding carboxylic acids is 1. The molecule has 2 saturated heterocycles. The van der Waals surface area contributed by atoms with Crippen LogP contribution in [-0.2, 0) is 16.0 Å². The number of nitrogens with zero attached hydrogens (tertiary/aromatic N) is 4. The third-order valence-electron chi connectivity index (χ3n) is 5.23. The summed E-state index contributed by atoms with van der Waals surface area (Å²) in [4.78, 5) is 21.6. The number of halogens is 1. The van der Waals surface area contributed by atoms with Gasteiger partial charge >= 0.3 is 0 Å². The molecule has 2 aliphatic rings. The molecule has 0 spiro atoms. The van der Waals surface area contributed by atoms with Gasteiger partial charge < -0.3 is 14.5 Å². The lowest BCUT2D eigenvalue weighted by molar-refractivity contribution is -0.132. The van der Waals surface area contributed by atoms with Crippen molar-refractivity contribution in [2.24, 2.45) is 5.92 Å². The summed E-state index contributed by atoms with van der Waals surface area (Å²) in [6, 6.07) is 14.9. The Bertz CT molecular complexity index is 896. The van der Waals surface area contributed by atoms with Crippen LogP contribution in [0.25, 0.3) is 0 Å². The maximum absolute atomic E-state index is 13.1. The van der Waals surface area contributed by atoms with E-state index in [1.807, 2.05) is 41.3 Å². The van der Waals surface area contributed by atoms with Crippen LogP contribution in [-0.4, -0.2) is 54.7 Å². The molecular weight excluding hydrogens is 376 g/mol. The van der Waals surface area contributed by atoms with Crippen LogP contribution in [0, 0.1) is 17.2 Å². The fraction of sp³-hybridized carbons (Fsp3) is 0.381. The van der Waals surface area contributed by atoms with E-state index in [1.165, 1.54) is 0 Å². The first-order valence-electron chi connectivity index (χ1n) is 9.36. The Morgan fingerprint density at radius 1 is 1.18 bits per heavy atom. The first-order chi connectivity index (χ1) is 13.6. The predicted octanol–water partition coefficient (Wildman–Crippen LogP) is 2.51. The quantitative estimate of drug-likeness (QED) is 0.797. The molecule has 2 bridgehead atoms. The van der Waals surface area contributed by atoms with E-state index in [9.17, 15) is 4.79 Å². The Morgan fingerprint density at radius 2 is 2.00 bits per heavy atom. The fourth-order valence-electron chi connectivity index (χ4n) is 3.88. The van der Waals surface area contributed by atoms with Crippen molar-refractivity contribution in [3.8, 4) is 6.07 Å². The first-order valence-corrected chi connectivity index (χ1v) is 9.74. The maximum atomic E-state index is 13.1. The molecular formula is C21H21ClN4O2. The zero-order valence-electron chi connectivity index (χ0n) is 15.4. The zero-order chi connectivity index (χ0) is 19.5. The van der Waals surface area contributed by atoms with E-state index in [1.54, 1.807) is 6.07 Å². The first kappa shape index (κ1) is 18.7. The predicted molar refractivity (Wildman–Crippen MR) is 106 cm³/mol. The Kier molecular flexibility index (Phi) is 5.47. The Labute approximate surface area is 169 Å². The van der Waals surface area contributed by atoms with Gasteiger partial charge in [0, 0.05) is 30.6 Å². The molecule has 7 heteroatoms. The van der Waals surface area contributed by atoms with Gasteiger partial charge in [0.1, 0.15) is 17.6 Å². The second kappa shape index (κ2) is 8.17. The van der Waals surface area contributed by atoms with Gasteiger partial charge in [-0.25, -0.2) is 4.98 Å². The van der Waals surface area contributed by atoms with Gasteiger partial charge in [-0.15, -0.1) is 0 Å². The lowest BCUT2D eigenvalue weighted by atomic mass is 10.1. The molecule has 144 valence electrons. The van der Waals surface area contributed by atoms with Crippen molar-refractivity contribution in [1.29, 1.82) is 5.26 Å². The number of anilines is 1. The van der Waals surface area contributed by atoms with Gasteiger partial charge in [0.2, 0.25) is 5.91 Å². The summed E-state index contributed by atoms with van der Waals surface area (Å²) < 4.78 is 5.83. The fourth-order valence-corrected chi connectivity index (χ4v) is 4.00. The number of carbonyl (C=O) groups is 1. The largest absolute Gasteiger partial charge is 0.379 e. The third-order valence-corrected chi connectivity index (χ3v) is 5.48. The number of benzene rings is 1. The van der Waals surface area contributed by atoms with Crippen LogP contribution >= 0.6 is 11.6 Å². The average molecular weight is 397 g/mol. The number of aromatic nitrogens is 1. The Balaban J connectivity index is 1.53. The summed E-state index contributed by atoms with van der Waals surface area (Å²) in [5, 5.41) is 9.80.